The first-order chi connectivity index (χ1) is 19.8. The summed E-state index contributed by atoms with van der Waals surface area (Å²) in [5.74, 6) is 0.0132. The Hall–Kier alpha value is -1.05. The molecule has 0 N–H and O–H groups in total. The monoisotopic (exact) mass is 561 g/mol. The number of esters is 1. The average Bonchev–Trinajstić information content (AvgIpc) is 2.96. The molecule has 2 nitrogen and oxygen atoms in total. The van der Waals surface area contributed by atoms with Crippen LogP contribution >= 0.6 is 0 Å². The molecule has 0 saturated heterocycles. The number of carbonyl (C=O) groups is 1. The minimum Gasteiger partial charge on any atom is -0.466 e. The molecular formula is C38H72O2. The molecule has 0 aliphatic rings. The molecule has 0 spiro atoms. The molecule has 0 radical (unpaired) electrons. The van der Waals surface area contributed by atoms with Gasteiger partial charge < -0.3 is 4.74 Å². The van der Waals surface area contributed by atoms with Gasteiger partial charge in [0.15, 0.2) is 0 Å². The zero-order valence-electron chi connectivity index (χ0n) is 27.5. The van der Waals surface area contributed by atoms with Gasteiger partial charge in [-0.1, -0.05) is 160 Å². The Kier molecular flexibility index (Phi) is 35.0. The zero-order chi connectivity index (χ0) is 29.0. The molecule has 0 bridgehead atoms. The second-order valence-corrected chi connectivity index (χ2v) is 12.2. The SMILES string of the molecule is CCCCCC/C=C\CCCCCCCC(=O)OCCCCCCCCCCCC/C=C\CCCCCCCC. The molecule has 0 aliphatic heterocycles. The Morgan fingerprint density at radius 2 is 0.700 bits per heavy atom. The number of allylic oxidation sites excluding steroid dienone is 4. The highest BCUT2D eigenvalue weighted by Gasteiger charge is 2.02. The van der Waals surface area contributed by atoms with Crippen molar-refractivity contribution in [1.29, 1.82) is 0 Å². The molecule has 0 aromatic heterocycles. The summed E-state index contributed by atoms with van der Waals surface area (Å²) < 4.78 is 5.43. The van der Waals surface area contributed by atoms with E-state index < -0.39 is 0 Å². The number of hydrogen-bond acceptors (Lipinski definition) is 2. The van der Waals surface area contributed by atoms with E-state index in [0.717, 1.165) is 19.3 Å². The van der Waals surface area contributed by atoms with Crippen molar-refractivity contribution in [1.82, 2.24) is 0 Å². The third kappa shape index (κ3) is 35.0. The van der Waals surface area contributed by atoms with E-state index in [1.165, 1.54) is 167 Å². The number of hydrogen-bond donors (Lipinski definition) is 0. The van der Waals surface area contributed by atoms with Crippen molar-refractivity contribution >= 4 is 5.97 Å². The number of rotatable bonds is 33. The first-order valence-electron chi connectivity index (χ1n) is 18.3. The fourth-order valence-electron chi connectivity index (χ4n) is 5.30. The lowest BCUT2D eigenvalue weighted by Gasteiger charge is -2.05. The highest BCUT2D eigenvalue weighted by molar-refractivity contribution is 5.69. The molecule has 0 unspecified atom stereocenters. The molecule has 0 rings (SSSR count). The van der Waals surface area contributed by atoms with Gasteiger partial charge in [0.1, 0.15) is 0 Å². The molecule has 40 heavy (non-hydrogen) atoms. The average molecular weight is 561 g/mol. The molecular weight excluding hydrogens is 488 g/mol. The second kappa shape index (κ2) is 36.0. The van der Waals surface area contributed by atoms with Gasteiger partial charge in [-0.25, -0.2) is 0 Å². The van der Waals surface area contributed by atoms with Gasteiger partial charge in [-0.2, -0.15) is 0 Å². The van der Waals surface area contributed by atoms with Gasteiger partial charge in [-0.05, 0) is 64.2 Å². The van der Waals surface area contributed by atoms with Crippen LogP contribution < -0.4 is 0 Å². The van der Waals surface area contributed by atoms with E-state index >= 15 is 0 Å². The van der Waals surface area contributed by atoms with E-state index in [-0.39, 0.29) is 5.97 Å². The highest BCUT2D eigenvalue weighted by atomic mass is 16.5. The largest absolute Gasteiger partial charge is 0.466 e. The third-order valence-electron chi connectivity index (χ3n) is 8.06. The molecule has 0 fully saturated rings. The lowest BCUT2D eigenvalue weighted by atomic mass is 10.1. The first kappa shape index (κ1) is 39.0. The van der Waals surface area contributed by atoms with Crippen LogP contribution in [-0.2, 0) is 9.53 Å². The van der Waals surface area contributed by atoms with Crippen LogP contribution in [0.25, 0.3) is 0 Å². The summed E-state index contributed by atoms with van der Waals surface area (Å²) in [5, 5.41) is 0. The molecule has 0 amide bonds. The van der Waals surface area contributed by atoms with Gasteiger partial charge in [0.05, 0.1) is 6.61 Å². The van der Waals surface area contributed by atoms with Gasteiger partial charge in [-0.15, -0.1) is 0 Å². The molecule has 0 aromatic rings. The van der Waals surface area contributed by atoms with Crippen molar-refractivity contribution in [3.63, 3.8) is 0 Å². The van der Waals surface area contributed by atoms with E-state index in [2.05, 4.69) is 38.2 Å². The summed E-state index contributed by atoms with van der Waals surface area (Å²) in [4.78, 5) is 11.9. The van der Waals surface area contributed by atoms with E-state index in [0.29, 0.717) is 13.0 Å². The topological polar surface area (TPSA) is 26.3 Å². The summed E-state index contributed by atoms with van der Waals surface area (Å²) in [5.41, 5.74) is 0. The van der Waals surface area contributed by atoms with E-state index in [1.807, 2.05) is 0 Å². The molecule has 0 aliphatic carbocycles. The van der Waals surface area contributed by atoms with Crippen molar-refractivity contribution in [2.45, 2.75) is 206 Å². The molecule has 0 heterocycles. The quantitative estimate of drug-likeness (QED) is 0.0453. The Morgan fingerprint density at radius 3 is 1.10 bits per heavy atom. The van der Waals surface area contributed by atoms with Crippen LogP contribution in [0.2, 0.25) is 0 Å². The van der Waals surface area contributed by atoms with Crippen LogP contribution in [0.3, 0.4) is 0 Å². The van der Waals surface area contributed by atoms with E-state index in [9.17, 15) is 4.79 Å². The van der Waals surface area contributed by atoms with Gasteiger partial charge in [-0.3, -0.25) is 4.79 Å². The Balaban J connectivity index is 3.20. The number of carbonyl (C=O) groups excluding carboxylic acids is 1. The van der Waals surface area contributed by atoms with Crippen molar-refractivity contribution in [3.8, 4) is 0 Å². The van der Waals surface area contributed by atoms with Crippen LogP contribution in [-0.4, -0.2) is 12.6 Å². The van der Waals surface area contributed by atoms with Gasteiger partial charge in [0.25, 0.3) is 0 Å². The van der Waals surface area contributed by atoms with Crippen molar-refractivity contribution in [3.05, 3.63) is 24.3 Å². The van der Waals surface area contributed by atoms with Crippen molar-refractivity contribution in [2.24, 2.45) is 0 Å². The predicted molar refractivity (Wildman–Crippen MR) is 179 cm³/mol. The maximum atomic E-state index is 11.9. The number of ether oxygens (including phenoxy) is 1. The first-order valence-corrected chi connectivity index (χ1v) is 18.3. The molecule has 0 aromatic carbocycles. The Labute approximate surface area is 252 Å². The van der Waals surface area contributed by atoms with Gasteiger partial charge in [0.2, 0.25) is 0 Å². The standard InChI is InChI=1S/C38H72O2/c1-3-5-7-9-11-13-15-17-18-19-20-21-22-23-25-27-29-31-33-35-37-40-38(39)36-34-32-30-28-26-24-16-14-12-10-8-6-4-2/h14,16-18H,3-13,15,19-37H2,1-2H3/b16-14-,18-17-. The molecule has 2 heteroatoms. The minimum atomic E-state index is 0.0132. The highest BCUT2D eigenvalue weighted by Crippen LogP contribution is 2.13. The molecule has 0 saturated carbocycles. The van der Waals surface area contributed by atoms with Crippen LogP contribution in [0.5, 0.6) is 0 Å². The Bertz CT molecular complexity index is 536. The summed E-state index contributed by atoms with van der Waals surface area (Å²) in [7, 11) is 0. The van der Waals surface area contributed by atoms with Crippen LogP contribution in [0, 0.1) is 0 Å². The number of unbranched alkanes of at least 4 members (excludes halogenated alkanes) is 25. The lowest BCUT2D eigenvalue weighted by Crippen LogP contribution is -2.05. The predicted octanol–water partition coefficient (Wildman–Crippen LogP) is 13.4. The summed E-state index contributed by atoms with van der Waals surface area (Å²) in [6, 6.07) is 0. The fraction of sp³-hybridized carbons (Fsp3) is 0.868. The summed E-state index contributed by atoms with van der Waals surface area (Å²) in [6.45, 7) is 5.17. The van der Waals surface area contributed by atoms with Crippen molar-refractivity contribution in [2.75, 3.05) is 6.61 Å². The summed E-state index contributed by atoms with van der Waals surface area (Å²) in [6.07, 6.45) is 48.1. The van der Waals surface area contributed by atoms with Gasteiger partial charge in [0, 0.05) is 6.42 Å². The van der Waals surface area contributed by atoms with Crippen LogP contribution in [0.4, 0.5) is 0 Å². The maximum Gasteiger partial charge on any atom is 0.305 e. The zero-order valence-corrected chi connectivity index (χ0v) is 27.5. The second-order valence-electron chi connectivity index (χ2n) is 12.2. The third-order valence-corrected chi connectivity index (χ3v) is 8.06. The molecule has 0 atom stereocenters. The van der Waals surface area contributed by atoms with Crippen molar-refractivity contribution < 1.29 is 9.53 Å². The van der Waals surface area contributed by atoms with Crippen LogP contribution in [0.15, 0.2) is 24.3 Å². The van der Waals surface area contributed by atoms with E-state index in [1.54, 1.807) is 0 Å². The molecule has 236 valence electrons. The minimum absolute atomic E-state index is 0.0132. The smallest absolute Gasteiger partial charge is 0.305 e. The Morgan fingerprint density at radius 1 is 0.400 bits per heavy atom. The maximum absolute atomic E-state index is 11.9. The normalized spacial score (nSPS) is 11.8. The lowest BCUT2D eigenvalue weighted by molar-refractivity contribution is -0.143. The summed E-state index contributed by atoms with van der Waals surface area (Å²) >= 11 is 0. The van der Waals surface area contributed by atoms with Crippen LogP contribution in [0.1, 0.15) is 206 Å². The fourth-order valence-corrected chi connectivity index (χ4v) is 5.30. The van der Waals surface area contributed by atoms with E-state index in [4.69, 9.17) is 4.74 Å². The van der Waals surface area contributed by atoms with Gasteiger partial charge >= 0.3 is 5.97 Å².